The Hall–Kier alpha value is -1.34. The second-order valence-corrected chi connectivity index (χ2v) is 2.61. The van der Waals surface area contributed by atoms with E-state index in [1.165, 1.54) is 6.08 Å². The van der Waals surface area contributed by atoms with Crippen LogP contribution in [-0.4, -0.2) is 18.4 Å². The maximum absolute atomic E-state index is 11.2. The molecule has 0 aromatic rings. The number of ether oxygens (including phenoxy) is 1. The van der Waals surface area contributed by atoms with Crippen LogP contribution in [0, 0.1) is 5.92 Å². The second kappa shape index (κ2) is 6.21. The van der Waals surface area contributed by atoms with Gasteiger partial charge in [0.1, 0.15) is 6.42 Å². The summed E-state index contributed by atoms with van der Waals surface area (Å²) in [6, 6.07) is 0. The molecule has 0 rings (SSSR count). The van der Waals surface area contributed by atoms with Gasteiger partial charge in [0.05, 0.1) is 6.61 Å². The van der Waals surface area contributed by atoms with Crippen LogP contribution < -0.4 is 0 Å². The van der Waals surface area contributed by atoms with Crippen molar-refractivity contribution >= 4 is 11.8 Å². The number of carbonyl (C=O) groups excluding carboxylic acids is 2. The van der Waals surface area contributed by atoms with Gasteiger partial charge in [-0.25, -0.2) is 0 Å². The highest BCUT2D eigenvalue weighted by Crippen LogP contribution is 2.02. The van der Waals surface area contributed by atoms with Crippen LogP contribution in [0.2, 0.25) is 0 Å². The van der Waals surface area contributed by atoms with Crippen molar-refractivity contribution in [3.8, 4) is 0 Å². The molecule has 0 amide bonds. The zero-order valence-corrected chi connectivity index (χ0v) is 8.00. The fraction of sp³-hybridized carbons (Fsp3) is 0.500. The van der Waals surface area contributed by atoms with Crippen molar-refractivity contribution in [3.63, 3.8) is 0 Å². The molecule has 3 nitrogen and oxygen atoms in total. The van der Waals surface area contributed by atoms with Gasteiger partial charge in [-0.1, -0.05) is 13.5 Å². The van der Waals surface area contributed by atoms with E-state index in [1.54, 1.807) is 13.8 Å². The number of Topliss-reactive ketones (excluding diaryl/α,β-unsaturated/α-hetero) is 1. The Kier molecular flexibility index (Phi) is 5.57. The highest BCUT2D eigenvalue weighted by molar-refractivity contribution is 5.97. The number of esters is 1. The van der Waals surface area contributed by atoms with Gasteiger partial charge in [0.25, 0.3) is 0 Å². The summed E-state index contributed by atoms with van der Waals surface area (Å²) in [5.74, 6) is -0.965. The minimum Gasteiger partial charge on any atom is -0.466 e. The van der Waals surface area contributed by atoms with E-state index in [1.807, 2.05) is 0 Å². The summed E-state index contributed by atoms with van der Waals surface area (Å²) in [5.41, 5.74) is 2.51. The van der Waals surface area contributed by atoms with E-state index in [4.69, 9.17) is 0 Å². The van der Waals surface area contributed by atoms with E-state index < -0.39 is 5.97 Å². The first kappa shape index (κ1) is 11.7. The zero-order valence-electron chi connectivity index (χ0n) is 8.00. The molecule has 0 aliphatic carbocycles. The maximum Gasteiger partial charge on any atom is 0.313 e. The summed E-state index contributed by atoms with van der Waals surface area (Å²) >= 11 is 0. The maximum atomic E-state index is 11.2. The van der Waals surface area contributed by atoms with Crippen LogP contribution in [0.15, 0.2) is 18.4 Å². The molecule has 13 heavy (non-hydrogen) atoms. The molecule has 0 N–H and O–H groups in total. The summed E-state index contributed by atoms with van der Waals surface area (Å²) < 4.78 is 4.63. The number of ketones is 1. The van der Waals surface area contributed by atoms with Crippen molar-refractivity contribution in [2.45, 2.75) is 20.3 Å². The third-order valence-corrected chi connectivity index (χ3v) is 1.50. The molecule has 0 heterocycles. The topological polar surface area (TPSA) is 43.4 Å². The molecule has 72 valence electrons. The van der Waals surface area contributed by atoms with E-state index in [0.717, 1.165) is 0 Å². The predicted molar refractivity (Wildman–Crippen MR) is 49.1 cm³/mol. The largest absolute Gasteiger partial charge is 0.466 e. The van der Waals surface area contributed by atoms with Crippen LogP contribution >= 0.6 is 0 Å². The van der Waals surface area contributed by atoms with Gasteiger partial charge in [-0.05, 0) is 13.0 Å². The Morgan fingerprint density at radius 2 is 2.23 bits per heavy atom. The standard InChI is InChI=1S/C10H14O3/c1-4-6-8(3)9(11)7-10(12)13-5-2/h6,8H,1,5,7H2,2-3H3. The lowest BCUT2D eigenvalue weighted by molar-refractivity contribution is -0.145. The molecule has 0 saturated carbocycles. The number of hydrogen-bond acceptors (Lipinski definition) is 3. The molecule has 0 radical (unpaired) electrons. The molecule has 0 aromatic carbocycles. The van der Waals surface area contributed by atoms with Gasteiger partial charge < -0.3 is 4.74 Å². The molecule has 0 spiro atoms. The first-order chi connectivity index (χ1) is 6.11. The first-order valence-corrected chi connectivity index (χ1v) is 4.16. The highest BCUT2D eigenvalue weighted by Gasteiger charge is 2.14. The van der Waals surface area contributed by atoms with Crippen LogP contribution in [0.5, 0.6) is 0 Å². The van der Waals surface area contributed by atoms with Crippen molar-refractivity contribution in [1.82, 2.24) is 0 Å². The molecule has 0 fully saturated rings. The Morgan fingerprint density at radius 3 is 2.69 bits per heavy atom. The molecule has 1 atom stereocenters. The van der Waals surface area contributed by atoms with Crippen molar-refractivity contribution < 1.29 is 14.3 Å². The SMILES string of the molecule is C=C=CC(C)C(=O)CC(=O)OCC. The van der Waals surface area contributed by atoms with E-state index in [2.05, 4.69) is 17.0 Å². The molecule has 0 aliphatic heterocycles. The molecule has 0 aromatic heterocycles. The van der Waals surface area contributed by atoms with E-state index in [9.17, 15) is 9.59 Å². The monoisotopic (exact) mass is 182 g/mol. The third kappa shape index (κ3) is 4.99. The molecule has 3 heteroatoms. The lowest BCUT2D eigenvalue weighted by Gasteiger charge is -2.03. The van der Waals surface area contributed by atoms with Gasteiger partial charge in [0, 0.05) is 5.92 Å². The average molecular weight is 182 g/mol. The zero-order chi connectivity index (χ0) is 10.3. The lowest BCUT2D eigenvalue weighted by Crippen LogP contribution is -2.15. The van der Waals surface area contributed by atoms with Crippen molar-refractivity contribution in [2.75, 3.05) is 6.61 Å². The summed E-state index contributed by atoms with van der Waals surface area (Å²) in [4.78, 5) is 22.1. The third-order valence-electron chi connectivity index (χ3n) is 1.50. The van der Waals surface area contributed by atoms with Gasteiger partial charge >= 0.3 is 5.97 Å². The van der Waals surface area contributed by atoms with Crippen molar-refractivity contribution in [1.29, 1.82) is 0 Å². The summed E-state index contributed by atoms with van der Waals surface area (Å²) in [6.07, 6.45) is 1.36. The Morgan fingerprint density at radius 1 is 1.62 bits per heavy atom. The number of allylic oxidation sites excluding steroid dienone is 1. The second-order valence-electron chi connectivity index (χ2n) is 2.61. The van der Waals surface area contributed by atoms with Crippen molar-refractivity contribution in [3.05, 3.63) is 18.4 Å². The van der Waals surface area contributed by atoms with Gasteiger partial charge in [0.15, 0.2) is 5.78 Å². The summed E-state index contributed by atoms with van der Waals surface area (Å²) in [6.45, 7) is 7.05. The van der Waals surface area contributed by atoms with Gasteiger partial charge in [0.2, 0.25) is 0 Å². The Bertz CT molecular complexity index is 237. The van der Waals surface area contributed by atoms with E-state index in [0.29, 0.717) is 6.61 Å². The molecule has 0 aliphatic rings. The minimum atomic E-state index is -0.475. The number of hydrogen-bond donors (Lipinski definition) is 0. The van der Waals surface area contributed by atoms with Crippen LogP contribution in [0.3, 0.4) is 0 Å². The van der Waals surface area contributed by atoms with Gasteiger partial charge in [-0.3, -0.25) is 9.59 Å². The molecular formula is C10H14O3. The smallest absolute Gasteiger partial charge is 0.313 e. The molecule has 0 bridgehead atoms. The Balaban J connectivity index is 3.99. The quantitative estimate of drug-likeness (QED) is 0.367. The predicted octanol–water partition coefficient (Wildman–Crippen LogP) is 1.49. The first-order valence-electron chi connectivity index (χ1n) is 4.16. The minimum absolute atomic E-state index is 0.172. The lowest BCUT2D eigenvalue weighted by atomic mass is 10.0. The highest BCUT2D eigenvalue weighted by atomic mass is 16.5. The van der Waals surface area contributed by atoms with E-state index in [-0.39, 0.29) is 18.1 Å². The van der Waals surface area contributed by atoms with Crippen LogP contribution in [-0.2, 0) is 14.3 Å². The van der Waals surface area contributed by atoms with Crippen molar-refractivity contribution in [2.24, 2.45) is 5.92 Å². The Labute approximate surface area is 78.1 Å². The average Bonchev–Trinajstić information content (AvgIpc) is 2.05. The molecule has 0 saturated heterocycles. The van der Waals surface area contributed by atoms with Crippen LogP contribution in [0.1, 0.15) is 20.3 Å². The summed E-state index contributed by atoms with van der Waals surface area (Å²) in [5, 5.41) is 0. The normalized spacial score (nSPS) is 11.2. The van der Waals surface area contributed by atoms with Crippen LogP contribution in [0.25, 0.3) is 0 Å². The van der Waals surface area contributed by atoms with Gasteiger partial charge in [-0.2, -0.15) is 0 Å². The fourth-order valence-electron chi connectivity index (χ4n) is 0.785. The molecular weight excluding hydrogens is 168 g/mol. The number of carbonyl (C=O) groups is 2. The number of rotatable bonds is 5. The van der Waals surface area contributed by atoms with Crippen LogP contribution in [0.4, 0.5) is 0 Å². The van der Waals surface area contributed by atoms with E-state index >= 15 is 0 Å². The molecule has 1 unspecified atom stereocenters. The fourth-order valence-corrected chi connectivity index (χ4v) is 0.785. The summed E-state index contributed by atoms with van der Waals surface area (Å²) in [7, 11) is 0. The van der Waals surface area contributed by atoms with Gasteiger partial charge in [-0.15, -0.1) is 5.73 Å².